The number of likely N-dealkylation sites (N-methyl/N-ethyl adjacent to an activating group) is 1. The SMILES string of the molecule is Cc1cnc(N2Cc3cnc(C(=O)Nc4cccc(-c5cccc(NC(=O)c6nc7c(n6C)CCN(C)C7)c5Cl)c4C)cc3O2)cn1. The molecular weight excluding hydrogens is 618 g/mol. The van der Waals surface area contributed by atoms with Gasteiger partial charge in [0.05, 0.1) is 41.0 Å². The van der Waals surface area contributed by atoms with Gasteiger partial charge in [-0.1, -0.05) is 35.9 Å². The maximum atomic E-state index is 13.3. The minimum absolute atomic E-state index is 0.204. The van der Waals surface area contributed by atoms with Gasteiger partial charge in [-0.05, 0) is 44.2 Å². The number of imidazole rings is 1. The summed E-state index contributed by atoms with van der Waals surface area (Å²) in [4.78, 5) is 52.5. The molecule has 2 N–H and O–H groups in total. The molecule has 5 aromatic rings. The van der Waals surface area contributed by atoms with Crippen molar-refractivity contribution in [2.75, 3.05) is 29.3 Å². The number of nitrogens with zero attached hydrogens (tertiary/aromatic N) is 7. The van der Waals surface area contributed by atoms with Gasteiger partial charge in [0.1, 0.15) is 5.69 Å². The molecule has 0 aliphatic carbocycles. The van der Waals surface area contributed by atoms with Crippen LogP contribution in [0.4, 0.5) is 17.2 Å². The van der Waals surface area contributed by atoms with E-state index in [4.69, 9.17) is 16.4 Å². The largest absolute Gasteiger partial charge is 0.377 e. The van der Waals surface area contributed by atoms with Crippen LogP contribution in [0.3, 0.4) is 0 Å². The first kappa shape index (κ1) is 30.3. The maximum Gasteiger partial charge on any atom is 0.291 e. The van der Waals surface area contributed by atoms with Gasteiger partial charge in [0.2, 0.25) is 0 Å². The number of aryl methyl sites for hydroxylation is 1. The second-order valence-electron chi connectivity index (χ2n) is 11.8. The molecule has 0 unspecified atom stereocenters. The van der Waals surface area contributed by atoms with Crippen molar-refractivity contribution in [2.45, 2.75) is 33.4 Å². The summed E-state index contributed by atoms with van der Waals surface area (Å²) in [6.45, 7) is 5.83. The normalized spacial score (nSPS) is 13.9. The third-order valence-corrected chi connectivity index (χ3v) is 8.90. The van der Waals surface area contributed by atoms with Crippen LogP contribution in [0.5, 0.6) is 5.75 Å². The number of carbonyl (C=O) groups is 2. The van der Waals surface area contributed by atoms with Crippen molar-refractivity contribution >= 4 is 40.6 Å². The fourth-order valence-corrected chi connectivity index (χ4v) is 6.14. The third-order valence-electron chi connectivity index (χ3n) is 8.49. The maximum absolute atomic E-state index is 13.3. The van der Waals surface area contributed by atoms with E-state index in [0.717, 1.165) is 46.7 Å². The lowest BCUT2D eigenvalue weighted by Gasteiger charge is -2.21. The Labute approximate surface area is 276 Å². The van der Waals surface area contributed by atoms with E-state index in [2.05, 4.69) is 35.5 Å². The van der Waals surface area contributed by atoms with Gasteiger partial charge in [-0.15, -0.1) is 0 Å². The quantitative estimate of drug-likeness (QED) is 0.250. The van der Waals surface area contributed by atoms with Crippen molar-refractivity contribution in [1.29, 1.82) is 0 Å². The van der Waals surface area contributed by atoms with Gasteiger partial charge < -0.3 is 24.9 Å². The number of rotatable bonds is 6. The van der Waals surface area contributed by atoms with Crippen LogP contribution < -0.4 is 20.5 Å². The first-order valence-electron chi connectivity index (χ1n) is 15.1. The number of halogens is 1. The number of fused-ring (bicyclic) bond motifs is 2. The smallest absolute Gasteiger partial charge is 0.291 e. The lowest BCUT2D eigenvalue weighted by atomic mass is 9.98. The van der Waals surface area contributed by atoms with Crippen molar-refractivity contribution in [3.05, 3.63) is 106 Å². The van der Waals surface area contributed by atoms with Gasteiger partial charge in [-0.2, -0.15) is 5.06 Å². The van der Waals surface area contributed by atoms with Crippen LogP contribution in [0.2, 0.25) is 5.02 Å². The fourth-order valence-electron chi connectivity index (χ4n) is 5.87. The van der Waals surface area contributed by atoms with Crippen LogP contribution in [0.1, 0.15) is 49.3 Å². The average Bonchev–Trinajstić information content (AvgIpc) is 3.63. The summed E-state index contributed by atoms with van der Waals surface area (Å²) in [6.07, 6.45) is 5.78. The lowest BCUT2D eigenvalue weighted by molar-refractivity contribution is 0.100. The number of anilines is 3. The number of hydrogen-bond donors (Lipinski definition) is 2. The highest BCUT2D eigenvalue weighted by Crippen LogP contribution is 2.38. The van der Waals surface area contributed by atoms with Crippen LogP contribution in [0.25, 0.3) is 11.1 Å². The molecule has 5 heterocycles. The van der Waals surface area contributed by atoms with Gasteiger partial charge >= 0.3 is 0 Å². The molecule has 3 aromatic heterocycles. The highest BCUT2D eigenvalue weighted by Gasteiger charge is 2.26. The van der Waals surface area contributed by atoms with Crippen LogP contribution in [0.15, 0.2) is 61.1 Å². The van der Waals surface area contributed by atoms with E-state index in [1.807, 2.05) is 62.8 Å². The zero-order valence-electron chi connectivity index (χ0n) is 26.3. The second-order valence-corrected chi connectivity index (χ2v) is 12.1. The van der Waals surface area contributed by atoms with E-state index in [1.165, 1.54) is 0 Å². The number of hydroxylamine groups is 1. The zero-order valence-corrected chi connectivity index (χ0v) is 27.1. The minimum Gasteiger partial charge on any atom is -0.377 e. The zero-order chi connectivity index (χ0) is 32.8. The van der Waals surface area contributed by atoms with Gasteiger partial charge in [0, 0.05) is 61.3 Å². The Kier molecular flexibility index (Phi) is 7.82. The van der Waals surface area contributed by atoms with Gasteiger partial charge in [0.15, 0.2) is 17.4 Å². The molecule has 0 atom stereocenters. The molecule has 47 heavy (non-hydrogen) atoms. The van der Waals surface area contributed by atoms with E-state index in [-0.39, 0.29) is 17.5 Å². The molecule has 2 aromatic carbocycles. The molecule has 0 fully saturated rings. The molecule has 0 saturated carbocycles. The Morgan fingerprint density at radius 2 is 1.66 bits per heavy atom. The van der Waals surface area contributed by atoms with Crippen molar-refractivity contribution in [2.24, 2.45) is 7.05 Å². The van der Waals surface area contributed by atoms with Crippen LogP contribution in [0, 0.1) is 13.8 Å². The fraction of sp³-hybridized carbons (Fsp3) is 0.235. The second kappa shape index (κ2) is 12.1. The molecule has 0 saturated heterocycles. The van der Waals surface area contributed by atoms with Crippen molar-refractivity contribution in [3.8, 4) is 16.9 Å². The Bertz CT molecular complexity index is 2040. The summed E-state index contributed by atoms with van der Waals surface area (Å²) >= 11 is 6.91. The predicted molar refractivity (Wildman–Crippen MR) is 179 cm³/mol. The molecule has 0 bridgehead atoms. The minimum atomic E-state index is -0.388. The van der Waals surface area contributed by atoms with E-state index in [0.29, 0.717) is 52.4 Å². The van der Waals surface area contributed by atoms with Crippen LogP contribution in [-0.4, -0.2) is 54.8 Å². The Hall–Kier alpha value is -5.33. The third kappa shape index (κ3) is 5.77. The molecular formula is C34H32ClN9O3. The first-order valence-corrected chi connectivity index (χ1v) is 15.5. The number of pyridine rings is 1. The van der Waals surface area contributed by atoms with Crippen molar-refractivity contribution in [1.82, 2.24) is 29.4 Å². The van der Waals surface area contributed by atoms with E-state index < -0.39 is 0 Å². The van der Waals surface area contributed by atoms with Crippen LogP contribution >= 0.6 is 11.6 Å². The van der Waals surface area contributed by atoms with Gasteiger partial charge in [0.25, 0.3) is 11.8 Å². The number of aromatic nitrogens is 5. The predicted octanol–water partition coefficient (Wildman–Crippen LogP) is 5.35. The molecule has 0 spiro atoms. The Balaban J connectivity index is 1.08. The molecule has 12 nitrogen and oxygen atoms in total. The molecule has 2 aliphatic rings. The summed E-state index contributed by atoms with van der Waals surface area (Å²) in [7, 11) is 3.91. The van der Waals surface area contributed by atoms with E-state index in [9.17, 15) is 9.59 Å². The number of amides is 2. The number of hydrogen-bond acceptors (Lipinski definition) is 9. The summed E-state index contributed by atoms with van der Waals surface area (Å²) in [5.74, 6) is 0.718. The number of nitrogens with one attached hydrogen (secondary N) is 2. The van der Waals surface area contributed by atoms with E-state index >= 15 is 0 Å². The van der Waals surface area contributed by atoms with Crippen molar-refractivity contribution in [3.63, 3.8) is 0 Å². The first-order chi connectivity index (χ1) is 22.7. The Morgan fingerprint density at radius 1 is 0.894 bits per heavy atom. The summed E-state index contributed by atoms with van der Waals surface area (Å²) in [5, 5.41) is 7.92. The standard InChI is InChI=1S/C34H32ClN9O3/c1-19-14-38-30(16-36-19)44-17-21-15-37-26(13-29(21)47-44)33(45)40-24-9-5-7-22(20(24)2)23-8-6-10-25(31(23)35)41-34(46)32-39-27-18-42(3)12-11-28(27)43(32)4/h5-10,13-16H,11-12,17-18H2,1-4H3,(H,40,45)(H,41,46). The molecule has 238 valence electrons. The average molecular weight is 650 g/mol. The molecule has 7 rings (SSSR count). The van der Waals surface area contributed by atoms with E-state index in [1.54, 1.807) is 35.8 Å². The topological polar surface area (TPSA) is 130 Å². The molecule has 13 heteroatoms. The monoisotopic (exact) mass is 649 g/mol. The highest BCUT2D eigenvalue weighted by atomic mass is 35.5. The van der Waals surface area contributed by atoms with Gasteiger partial charge in [-0.25, -0.2) is 9.97 Å². The summed E-state index contributed by atoms with van der Waals surface area (Å²) in [5.41, 5.74) is 7.21. The highest BCUT2D eigenvalue weighted by molar-refractivity contribution is 6.36. The molecule has 2 aliphatic heterocycles. The van der Waals surface area contributed by atoms with Crippen molar-refractivity contribution < 1.29 is 14.4 Å². The summed E-state index contributed by atoms with van der Waals surface area (Å²) in [6, 6.07) is 12.7. The lowest BCUT2D eigenvalue weighted by Crippen LogP contribution is -2.27. The van der Waals surface area contributed by atoms with Crippen LogP contribution in [-0.2, 0) is 26.6 Å². The Morgan fingerprint density at radius 3 is 2.45 bits per heavy atom. The summed E-state index contributed by atoms with van der Waals surface area (Å²) < 4.78 is 1.86. The molecule has 0 radical (unpaired) electrons. The van der Waals surface area contributed by atoms with Gasteiger partial charge in [-0.3, -0.25) is 19.6 Å². The number of benzene rings is 2. The number of carbonyl (C=O) groups excluding carboxylic acids is 2. The molecule has 2 amide bonds.